The quantitative estimate of drug-likeness (QED) is 0.132. The lowest BCUT2D eigenvalue weighted by atomic mass is 9.78. The maximum absolute atomic E-state index is 14.4. The molecule has 4 aliphatic heterocycles. The monoisotopic (exact) mass is 795 g/mol. The van der Waals surface area contributed by atoms with E-state index in [0.717, 1.165) is 0 Å². The number of ether oxygens (including phenoxy) is 4. The number of esters is 1. The Morgan fingerprint density at radius 3 is 2.25 bits per heavy atom. The van der Waals surface area contributed by atoms with Crippen LogP contribution in [0.2, 0.25) is 0 Å². The fourth-order valence-corrected chi connectivity index (χ4v) is 8.03. The minimum atomic E-state index is -2.01. The Labute approximate surface area is 332 Å². The number of nitrogens with zero attached hydrogens (tertiary/aromatic N) is 1. The van der Waals surface area contributed by atoms with Crippen LogP contribution in [0.5, 0.6) is 23.0 Å². The molecular formula is C42H57N3O12. The lowest BCUT2D eigenvalue weighted by molar-refractivity contribution is -0.160. The molecule has 0 unspecified atom stereocenters. The van der Waals surface area contributed by atoms with E-state index in [-0.39, 0.29) is 51.0 Å². The number of allylic oxidation sites excluding steroid dienone is 2. The van der Waals surface area contributed by atoms with Crippen LogP contribution < -0.4 is 15.4 Å². The summed E-state index contributed by atoms with van der Waals surface area (Å²) >= 11 is 0. The number of benzene rings is 2. The predicted molar refractivity (Wildman–Crippen MR) is 212 cm³/mol. The largest absolute Gasteiger partial charge is 0.507 e. The van der Waals surface area contributed by atoms with Crippen molar-refractivity contribution in [1.82, 2.24) is 10.2 Å². The van der Waals surface area contributed by atoms with Crippen LogP contribution in [0.3, 0.4) is 0 Å². The number of nitrogens with one attached hydrogen (secondary N) is 2. The van der Waals surface area contributed by atoms with Gasteiger partial charge in [0, 0.05) is 99.4 Å². The molecule has 9 atom stereocenters. The summed E-state index contributed by atoms with van der Waals surface area (Å²) in [7, 11) is 1.44. The summed E-state index contributed by atoms with van der Waals surface area (Å²) < 4.78 is 23.6. The first kappa shape index (κ1) is 43.5. The molecule has 1 fully saturated rings. The number of aliphatic hydroxyl groups is 2. The number of carbonyl (C=O) groups is 3. The topological polar surface area (TPSA) is 217 Å². The minimum Gasteiger partial charge on any atom is -0.507 e. The van der Waals surface area contributed by atoms with Crippen molar-refractivity contribution in [1.29, 1.82) is 0 Å². The molecule has 6 rings (SSSR count). The maximum Gasteiger partial charge on any atom is 0.312 e. The van der Waals surface area contributed by atoms with Crippen LogP contribution in [0.15, 0.2) is 36.1 Å². The number of aromatic hydroxyl groups is 3. The lowest BCUT2D eigenvalue weighted by Crippen LogP contribution is -2.46. The van der Waals surface area contributed by atoms with Crippen molar-refractivity contribution in [2.75, 3.05) is 38.6 Å². The molecule has 0 saturated carbocycles. The van der Waals surface area contributed by atoms with E-state index >= 15 is 0 Å². The average molecular weight is 796 g/mol. The highest BCUT2D eigenvalue weighted by molar-refractivity contribution is 6.22. The molecule has 15 heteroatoms. The van der Waals surface area contributed by atoms with Gasteiger partial charge in [-0.05, 0) is 19.9 Å². The van der Waals surface area contributed by atoms with Crippen molar-refractivity contribution < 1.29 is 58.9 Å². The molecule has 2 aromatic carbocycles. The fraction of sp³-hybridized carbons (Fsp3) is 0.548. The number of anilines is 1. The van der Waals surface area contributed by atoms with Crippen molar-refractivity contribution in [3.8, 4) is 23.0 Å². The summed E-state index contributed by atoms with van der Waals surface area (Å²) in [6.45, 7) is 15.2. The molecule has 1 saturated heterocycles. The van der Waals surface area contributed by atoms with Crippen LogP contribution in [0.4, 0.5) is 5.69 Å². The van der Waals surface area contributed by atoms with Gasteiger partial charge >= 0.3 is 11.8 Å². The van der Waals surface area contributed by atoms with Gasteiger partial charge < -0.3 is 55.1 Å². The van der Waals surface area contributed by atoms with Crippen LogP contribution in [0.25, 0.3) is 10.8 Å². The molecule has 1 amide bonds. The highest BCUT2D eigenvalue weighted by atomic mass is 16.7. The van der Waals surface area contributed by atoms with E-state index in [2.05, 4.69) is 10.6 Å². The van der Waals surface area contributed by atoms with Crippen LogP contribution in [0, 0.1) is 30.6 Å². The number of methoxy groups -OCH3 is 1. The molecule has 0 spiro atoms. The summed E-state index contributed by atoms with van der Waals surface area (Å²) in [6, 6.07) is 0. The zero-order chi connectivity index (χ0) is 42.1. The molecule has 5 bridgehead atoms. The van der Waals surface area contributed by atoms with Gasteiger partial charge in [0.25, 0.3) is 11.7 Å². The minimum absolute atomic E-state index is 0.0588. The van der Waals surface area contributed by atoms with Gasteiger partial charge in [0.1, 0.15) is 23.4 Å². The molecule has 57 heavy (non-hydrogen) atoms. The summed E-state index contributed by atoms with van der Waals surface area (Å²) in [5.74, 6) is -7.88. The van der Waals surface area contributed by atoms with Crippen molar-refractivity contribution >= 4 is 34.1 Å². The van der Waals surface area contributed by atoms with Crippen molar-refractivity contribution in [2.24, 2.45) is 23.7 Å². The van der Waals surface area contributed by atoms with E-state index in [0.29, 0.717) is 26.2 Å². The van der Waals surface area contributed by atoms with Gasteiger partial charge in [-0.3, -0.25) is 19.3 Å². The number of hydrogen-bond donors (Lipinski definition) is 7. The summed E-state index contributed by atoms with van der Waals surface area (Å²) in [5.41, 5.74) is 0.157. The Morgan fingerprint density at radius 1 is 0.947 bits per heavy atom. The number of fused-ring (bicyclic) bond motifs is 14. The number of carbonyl (C=O) groups excluding carboxylic acids is 3. The third kappa shape index (κ3) is 8.49. The third-order valence-electron chi connectivity index (χ3n) is 11.7. The fourth-order valence-electron chi connectivity index (χ4n) is 8.03. The Hall–Kier alpha value is -4.67. The van der Waals surface area contributed by atoms with Gasteiger partial charge in [0.2, 0.25) is 0 Å². The van der Waals surface area contributed by atoms with Gasteiger partial charge in [-0.1, -0.05) is 45.9 Å². The number of aliphatic hydroxyl groups excluding tert-OH is 2. The van der Waals surface area contributed by atoms with E-state index in [1.54, 1.807) is 46.8 Å². The maximum atomic E-state index is 14.4. The first-order chi connectivity index (χ1) is 26.8. The SMILES string of the molecule is CO[C@H]1/C=C/O[C@@]2(C)Oc3c(C)c(O)c4c(O)c(c(CN5CCNCC5)c(O)c4c3C2=O)NC(=O)/C(C)=C\C=C\[C@H](C)[C@H](O)[C@@H](C)[C@@H](O)[C@@H](C)[C@H](OC(C)=O)[C@@H]1C. The Kier molecular flexibility index (Phi) is 13.3. The number of hydrogen-bond acceptors (Lipinski definition) is 14. The molecular weight excluding hydrogens is 738 g/mol. The molecule has 0 radical (unpaired) electrons. The van der Waals surface area contributed by atoms with E-state index in [1.165, 1.54) is 46.3 Å². The van der Waals surface area contributed by atoms with E-state index in [4.69, 9.17) is 18.9 Å². The number of phenols is 3. The van der Waals surface area contributed by atoms with Crippen LogP contribution in [-0.2, 0) is 30.3 Å². The second-order valence-electron chi connectivity index (χ2n) is 15.7. The number of Topliss-reactive ketones (excluding diaryl/α,β-unsaturated/α-hetero) is 1. The molecule has 15 nitrogen and oxygen atoms in total. The standard InChI is InChI=1S/C42H57N3O12/c1-20-11-10-12-21(2)41(53)44-32-27(19-45-16-14-43-15-17-45)36(50)29-30(37(32)51)35(49)25(6)39-31(29)40(52)42(8,57-39)55-18-13-28(54-9)22(3)38(56-26(7)46)24(5)34(48)23(4)33(20)47/h10-13,18,20,22-24,28,33-34,38,43,47-51H,14-17,19H2,1-9H3,(H,44,53)/b11-10+,18-13+,21-12-/t20-,22+,23+,24+,28-,33-,34+,38+,42-/m0/s1. The number of amides is 1. The van der Waals surface area contributed by atoms with Gasteiger partial charge in [-0.25, -0.2) is 0 Å². The van der Waals surface area contributed by atoms with E-state index in [9.17, 15) is 39.9 Å². The number of rotatable bonds is 4. The van der Waals surface area contributed by atoms with Crippen molar-refractivity contribution in [2.45, 2.75) is 92.1 Å². The Balaban J connectivity index is 1.70. The highest BCUT2D eigenvalue weighted by Gasteiger charge is 2.50. The molecule has 0 aliphatic carbocycles. The highest BCUT2D eigenvalue weighted by Crippen LogP contribution is 2.55. The van der Waals surface area contributed by atoms with Crippen LogP contribution in [-0.4, -0.2) is 112 Å². The summed E-state index contributed by atoms with van der Waals surface area (Å²) in [6.07, 6.45) is 3.71. The lowest BCUT2D eigenvalue weighted by Gasteiger charge is -2.38. The van der Waals surface area contributed by atoms with Crippen LogP contribution >= 0.6 is 0 Å². The van der Waals surface area contributed by atoms with Gasteiger partial charge in [0.05, 0.1) is 41.2 Å². The van der Waals surface area contributed by atoms with Crippen molar-refractivity contribution in [3.05, 3.63) is 52.8 Å². The molecule has 0 aromatic heterocycles. The molecule has 4 aliphatic rings. The van der Waals surface area contributed by atoms with Gasteiger partial charge in [-0.2, -0.15) is 0 Å². The molecule has 312 valence electrons. The number of piperazine rings is 1. The predicted octanol–water partition coefficient (Wildman–Crippen LogP) is 4.16. The number of ketones is 1. The molecule has 2 aromatic rings. The van der Waals surface area contributed by atoms with E-state index < -0.39 is 88.8 Å². The Bertz CT molecular complexity index is 1970. The Morgan fingerprint density at radius 2 is 1.61 bits per heavy atom. The van der Waals surface area contributed by atoms with Gasteiger partial charge in [-0.15, -0.1) is 0 Å². The summed E-state index contributed by atoms with van der Waals surface area (Å²) in [4.78, 5) is 42.5. The number of phenolic OH excluding ortho intramolecular Hbond substituents is 3. The van der Waals surface area contributed by atoms with Gasteiger partial charge in [0.15, 0.2) is 5.75 Å². The first-order valence-corrected chi connectivity index (χ1v) is 19.3. The smallest absolute Gasteiger partial charge is 0.312 e. The normalized spacial score (nSPS) is 32.6. The first-order valence-electron chi connectivity index (χ1n) is 19.3. The van der Waals surface area contributed by atoms with Crippen molar-refractivity contribution in [3.63, 3.8) is 0 Å². The average Bonchev–Trinajstić information content (AvgIpc) is 3.44. The second-order valence-corrected chi connectivity index (χ2v) is 15.7. The van der Waals surface area contributed by atoms with Crippen LogP contribution in [0.1, 0.15) is 70.0 Å². The molecule has 7 N–H and O–H groups in total. The zero-order valence-electron chi connectivity index (χ0n) is 34.1. The second kappa shape index (κ2) is 17.4. The van der Waals surface area contributed by atoms with E-state index in [1.807, 2.05) is 4.90 Å². The summed E-state index contributed by atoms with van der Waals surface area (Å²) in [5, 5.41) is 64.0. The third-order valence-corrected chi connectivity index (χ3v) is 11.7. The zero-order valence-corrected chi connectivity index (χ0v) is 34.1. The molecule has 4 heterocycles.